The van der Waals surface area contributed by atoms with Gasteiger partial charge in [0, 0.05) is 11.1 Å². The fraction of sp³-hybridized carbons (Fsp3) is 0.0556. The van der Waals surface area contributed by atoms with Gasteiger partial charge in [-0.15, -0.1) is 0 Å². The van der Waals surface area contributed by atoms with E-state index in [1.807, 2.05) is 61.5 Å². The fourth-order valence-corrected chi connectivity index (χ4v) is 2.17. The number of benzene rings is 2. The molecule has 0 aliphatic carbocycles. The second-order valence-electron chi connectivity index (χ2n) is 4.75. The summed E-state index contributed by atoms with van der Waals surface area (Å²) in [5.41, 5.74) is 3.64. The maximum atomic E-state index is 11.3. The van der Waals surface area contributed by atoms with Gasteiger partial charge >= 0.3 is 0 Å². The zero-order chi connectivity index (χ0) is 13.9. The van der Waals surface area contributed by atoms with Crippen molar-refractivity contribution in [3.8, 4) is 22.6 Å². The highest BCUT2D eigenvalue weighted by atomic mass is 16.3. The highest BCUT2D eigenvalue weighted by Crippen LogP contribution is 2.31. The zero-order valence-electron chi connectivity index (χ0n) is 11.2. The lowest BCUT2D eigenvalue weighted by Crippen LogP contribution is -1.81. The maximum absolute atomic E-state index is 11.3. The Morgan fingerprint density at radius 1 is 0.900 bits per heavy atom. The summed E-state index contributed by atoms with van der Waals surface area (Å²) in [6.07, 6.45) is 0.838. The summed E-state index contributed by atoms with van der Waals surface area (Å²) in [4.78, 5) is 11.3. The van der Waals surface area contributed by atoms with Gasteiger partial charge in [0.15, 0.2) is 6.29 Å². The molecule has 2 nitrogen and oxygen atoms in total. The van der Waals surface area contributed by atoms with Crippen LogP contribution in [0.25, 0.3) is 22.6 Å². The number of aldehydes is 1. The van der Waals surface area contributed by atoms with Gasteiger partial charge in [0.1, 0.15) is 11.5 Å². The Morgan fingerprint density at radius 3 is 2.25 bits per heavy atom. The Morgan fingerprint density at radius 2 is 1.60 bits per heavy atom. The van der Waals surface area contributed by atoms with Crippen molar-refractivity contribution in [1.82, 2.24) is 0 Å². The monoisotopic (exact) mass is 262 g/mol. The van der Waals surface area contributed by atoms with Crippen LogP contribution in [0.2, 0.25) is 0 Å². The van der Waals surface area contributed by atoms with Crippen LogP contribution in [0.3, 0.4) is 0 Å². The van der Waals surface area contributed by atoms with Crippen molar-refractivity contribution < 1.29 is 9.21 Å². The molecule has 0 fully saturated rings. The molecule has 0 amide bonds. The topological polar surface area (TPSA) is 30.2 Å². The maximum Gasteiger partial charge on any atom is 0.153 e. The van der Waals surface area contributed by atoms with Crippen LogP contribution in [-0.4, -0.2) is 6.29 Å². The molecule has 98 valence electrons. The van der Waals surface area contributed by atoms with Crippen LogP contribution in [0.5, 0.6) is 0 Å². The first-order valence-electron chi connectivity index (χ1n) is 6.49. The van der Waals surface area contributed by atoms with Crippen LogP contribution in [-0.2, 0) is 0 Å². The second kappa shape index (κ2) is 5.17. The Hall–Kier alpha value is -2.61. The first-order chi connectivity index (χ1) is 9.78. The minimum Gasteiger partial charge on any atom is -0.455 e. The van der Waals surface area contributed by atoms with Crippen LogP contribution in [0, 0.1) is 6.92 Å². The molecule has 1 heterocycles. The van der Waals surface area contributed by atoms with Crippen molar-refractivity contribution in [2.75, 3.05) is 0 Å². The van der Waals surface area contributed by atoms with Crippen LogP contribution in [0.1, 0.15) is 15.9 Å². The molecule has 20 heavy (non-hydrogen) atoms. The third kappa shape index (κ3) is 2.28. The summed E-state index contributed by atoms with van der Waals surface area (Å²) < 4.78 is 5.89. The smallest absolute Gasteiger partial charge is 0.153 e. The van der Waals surface area contributed by atoms with Crippen LogP contribution in [0.4, 0.5) is 0 Å². The molecule has 3 rings (SSSR count). The van der Waals surface area contributed by atoms with Gasteiger partial charge in [0.2, 0.25) is 0 Å². The highest BCUT2D eigenvalue weighted by Gasteiger charge is 2.13. The van der Waals surface area contributed by atoms with Gasteiger partial charge in [0.05, 0.1) is 5.56 Å². The summed E-state index contributed by atoms with van der Waals surface area (Å²) in [6.45, 7) is 2.03. The molecule has 3 aromatic rings. The standard InChI is InChI=1S/C18H14O2/c1-13-7-9-15(10-8-13)18-16(12-19)11-17(20-18)14-5-3-2-4-6-14/h2-12H,1H3. The van der Waals surface area contributed by atoms with E-state index in [0.717, 1.165) is 17.4 Å². The molecule has 0 aliphatic heterocycles. The molecule has 2 heteroatoms. The van der Waals surface area contributed by atoms with Crippen molar-refractivity contribution in [1.29, 1.82) is 0 Å². The number of hydrogen-bond acceptors (Lipinski definition) is 2. The van der Waals surface area contributed by atoms with Crippen LogP contribution < -0.4 is 0 Å². The SMILES string of the molecule is Cc1ccc(-c2oc(-c3ccccc3)cc2C=O)cc1. The third-order valence-corrected chi connectivity index (χ3v) is 3.26. The van der Waals surface area contributed by atoms with E-state index < -0.39 is 0 Å². The molecule has 0 radical (unpaired) electrons. The first kappa shape index (κ1) is 12.4. The highest BCUT2D eigenvalue weighted by molar-refractivity contribution is 5.87. The van der Waals surface area contributed by atoms with E-state index in [1.54, 1.807) is 6.07 Å². The van der Waals surface area contributed by atoms with Crippen LogP contribution in [0.15, 0.2) is 65.1 Å². The number of aryl methyl sites for hydroxylation is 1. The van der Waals surface area contributed by atoms with E-state index in [2.05, 4.69) is 0 Å². The lowest BCUT2D eigenvalue weighted by atomic mass is 10.1. The minimum atomic E-state index is 0.577. The van der Waals surface area contributed by atoms with E-state index in [4.69, 9.17) is 4.42 Å². The van der Waals surface area contributed by atoms with E-state index in [-0.39, 0.29) is 0 Å². The van der Waals surface area contributed by atoms with Gasteiger partial charge in [-0.2, -0.15) is 0 Å². The Kier molecular flexibility index (Phi) is 3.21. The summed E-state index contributed by atoms with van der Waals surface area (Å²) in [5, 5.41) is 0. The van der Waals surface area contributed by atoms with Crippen molar-refractivity contribution in [3.63, 3.8) is 0 Å². The molecular weight excluding hydrogens is 248 g/mol. The van der Waals surface area contributed by atoms with E-state index in [0.29, 0.717) is 17.1 Å². The average Bonchev–Trinajstić information content (AvgIpc) is 2.93. The van der Waals surface area contributed by atoms with Crippen molar-refractivity contribution in [2.24, 2.45) is 0 Å². The minimum absolute atomic E-state index is 0.577. The van der Waals surface area contributed by atoms with Gasteiger partial charge in [-0.25, -0.2) is 0 Å². The first-order valence-corrected chi connectivity index (χ1v) is 6.49. The second-order valence-corrected chi connectivity index (χ2v) is 4.75. The molecule has 2 aromatic carbocycles. The Labute approximate surface area is 117 Å². The average molecular weight is 262 g/mol. The van der Waals surface area contributed by atoms with Crippen LogP contribution >= 0.6 is 0 Å². The Balaban J connectivity index is 2.10. The van der Waals surface area contributed by atoms with Gasteiger partial charge in [-0.05, 0) is 13.0 Å². The molecule has 0 N–H and O–H groups in total. The molecule has 0 atom stereocenters. The number of carbonyl (C=O) groups is 1. The van der Waals surface area contributed by atoms with Gasteiger partial charge in [-0.1, -0.05) is 60.2 Å². The number of rotatable bonds is 3. The predicted octanol–water partition coefficient (Wildman–Crippen LogP) is 4.73. The molecule has 0 spiro atoms. The molecule has 0 unspecified atom stereocenters. The third-order valence-electron chi connectivity index (χ3n) is 3.26. The summed E-state index contributed by atoms with van der Waals surface area (Å²) in [6, 6.07) is 19.5. The quantitative estimate of drug-likeness (QED) is 0.638. The van der Waals surface area contributed by atoms with Crippen molar-refractivity contribution >= 4 is 6.29 Å². The van der Waals surface area contributed by atoms with Gasteiger partial charge in [-0.3, -0.25) is 4.79 Å². The largest absolute Gasteiger partial charge is 0.455 e. The number of furan rings is 1. The molecular formula is C18H14O2. The molecule has 0 aliphatic rings. The summed E-state index contributed by atoms with van der Waals surface area (Å²) >= 11 is 0. The van der Waals surface area contributed by atoms with Crippen molar-refractivity contribution in [3.05, 3.63) is 71.8 Å². The summed E-state index contributed by atoms with van der Waals surface area (Å²) in [7, 11) is 0. The Bertz CT molecular complexity index is 722. The number of hydrogen-bond donors (Lipinski definition) is 0. The molecule has 1 aromatic heterocycles. The summed E-state index contributed by atoms with van der Waals surface area (Å²) in [5.74, 6) is 1.34. The van der Waals surface area contributed by atoms with E-state index in [1.165, 1.54) is 5.56 Å². The fourth-order valence-electron chi connectivity index (χ4n) is 2.17. The lowest BCUT2D eigenvalue weighted by molar-refractivity contribution is 0.112. The molecule has 0 saturated heterocycles. The lowest BCUT2D eigenvalue weighted by Gasteiger charge is -2.00. The molecule has 0 bridgehead atoms. The van der Waals surface area contributed by atoms with Crippen molar-refractivity contribution in [2.45, 2.75) is 6.92 Å². The zero-order valence-corrected chi connectivity index (χ0v) is 11.2. The van der Waals surface area contributed by atoms with Gasteiger partial charge in [0.25, 0.3) is 0 Å². The normalized spacial score (nSPS) is 10.4. The number of carbonyl (C=O) groups excluding carboxylic acids is 1. The molecule has 0 saturated carbocycles. The van der Waals surface area contributed by atoms with E-state index in [9.17, 15) is 4.79 Å². The predicted molar refractivity (Wildman–Crippen MR) is 79.7 cm³/mol. The van der Waals surface area contributed by atoms with E-state index >= 15 is 0 Å². The van der Waals surface area contributed by atoms with Gasteiger partial charge < -0.3 is 4.42 Å².